The smallest absolute Gasteiger partial charge is 0.267 e. The molecule has 0 unspecified atom stereocenters. The number of amides is 2. The summed E-state index contributed by atoms with van der Waals surface area (Å²) in [6.07, 6.45) is 1.63. The van der Waals surface area contributed by atoms with Crippen molar-refractivity contribution in [1.82, 2.24) is 15.0 Å². The lowest BCUT2D eigenvalue weighted by Crippen LogP contribution is -2.42. The average Bonchev–Trinajstić information content (AvgIpc) is 3.16. The van der Waals surface area contributed by atoms with Crippen molar-refractivity contribution < 1.29 is 14.0 Å². The van der Waals surface area contributed by atoms with Crippen LogP contribution in [0.1, 0.15) is 69.3 Å². The Hall–Kier alpha value is -1.97. The number of rotatable bonds is 5. The quantitative estimate of drug-likeness (QED) is 0.469. The Balaban J connectivity index is 0.00000280. The van der Waals surface area contributed by atoms with E-state index in [1.807, 2.05) is 6.92 Å². The molecule has 7 nitrogen and oxygen atoms in total. The van der Waals surface area contributed by atoms with Crippen LogP contribution in [0, 0.1) is 0 Å². The van der Waals surface area contributed by atoms with E-state index in [4.69, 9.17) is 4.43 Å². The number of aromatic nitrogens is 3. The fraction of sp³-hybridized carbons (Fsp3) is 0.524. The topological polar surface area (TPSA) is 77.3 Å². The molecule has 168 valence electrons. The predicted molar refractivity (Wildman–Crippen MR) is 129 cm³/mol. The second kappa shape index (κ2) is 9.89. The minimum Gasteiger partial charge on any atom is -0.415 e. The molecule has 0 saturated carbocycles. The van der Waals surface area contributed by atoms with E-state index in [0.29, 0.717) is 17.7 Å². The molecule has 0 radical (unpaired) electrons. The van der Waals surface area contributed by atoms with Gasteiger partial charge in [0.15, 0.2) is 14.1 Å². The summed E-state index contributed by atoms with van der Waals surface area (Å²) in [5.74, 6) is -0.499. The predicted octanol–water partition coefficient (Wildman–Crippen LogP) is 5.05. The van der Waals surface area contributed by atoms with Crippen molar-refractivity contribution >= 4 is 39.4 Å². The van der Waals surface area contributed by atoms with Gasteiger partial charge in [0.1, 0.15) is 0 Å². The maximum Gasteiger partial charge on any atom is 0.267 e. The number of carbonyl (C=O) groups excluding carboxylic acids is 2. The van der Waals surface area contributed by atoms with Crippen LogP contribution in [0.5, 0.6) is 0 Å². The van der Waals surface area contributed by atoms with E-state index in [1.54, 1.807) is 35.1 Å². The summed E-state index contributed by atoms with van der Waals surface area (Å²) in [6, 6.07) is 6.72. The Labute approximate surface area is 188 Å². The number of hydrogen-bond donors (Lipinski definition) is 0. The third-order valence-electron chi connectivity index (χ3n) is 5.46. The lowest BCUT2D eigenvalue weighted by atomic mass is 10.1. The van der Waals surface area contributed by atoms with Gasteiger partial charge in [-0.05, 0) is 37.2 Å². The van der Waals surface area contributed by atoms with E-state index in [-0.39, 0.29) is 57.1 Å². The average molecular weight is 453 g/mol. The first-order valence-corrected chi connectivity index (χ1v) is 12.0. The van der Waals surface area contributed by atoms with E-state index in [9.17, 15) is 9.59 Å². The zero-order valence-corrected chi connectivity index (χ0v) is 19.2. The van der Waals surface area contributed by atoms with Crippen molar-refractivity contribution in [3.63, 3.8) is 0 Å². The van der Waals surface area contributed by atoms with Gasteiger partial charge in [-0.15, -0.1) is 5.10 Å². The molecule has 0 N–H and O–H groups in total. The summed E-state index contributed by atoms with van der Waals surface area (Å²) in [6.45, 7) is 13.5. The molecule has 9 heteroatoms. The van der Waals surface area contributed by atoms with Crippen LogP contribution in [0.4, 0.5) is 5.82 Å². The summed E-state index contributed by atoms with van der Waals surface area (Å²) in [5, 5.41) is 8.29. The normalized spacial score (nSPS) is 14.4. The SMILES string of the molecule is C.C.C[C@@H](CO[Si](C)(C)C(C)(C)C)n1cc(N2C(=O)c3ccccc3C2=O)nn1.S. The number of anilines is 1. The van der Waals surface area contributed by atoms with Gasteiger partial charge in [0.25, 0.3) is 11.8 Å². The van der Waals surface area contributed by atoms with Crippen molar-refractivity contribution in [3.8, 4) is 0 Å². The van der Waals surface area contributed by atoms with Crippen LogP contribution in [0.3, 0.4) is 0 Å². The molecule has 0 saturated heterocycles. The van der Waals surface area contributed by atoms with Crippen molar-refractivity contribution in [2.75, 3.05) is 11.5 Å². The number of carbonyl (C=O) groups is 2. The molecule has 3 rings (SSSR count). The minimum absolute atomic E-state index is 0. The third kappa shape index (κ3) is 5.01. The van der Waals surface area contributed by atoms with Crippen LogP contribution in [0.2, 0.25) is 18.1 Å². The largest absolute Gasteiger partial charge is 0.415 e. The molecule has 1 aromatic heterocycles. The molecule has 2 amide bonds. The fourth-order valence-electron chi connectivity index (χ4n) is 2.60. The lowest BCUT2D eigenvalue weighted by Gasteiger charge is -2.36. The standard InChI is InChI=1S/C19H26N4O3Si.2CH4.H2S/c1-13(12-26-27(5,6)19(2,3)4)22-11-16(20-21-22)23-17(24)14-9-7-8-10-15(14)18(23)25;;;/h7-11,13H,12H2,1-6H3;2*1H4;1H2/t13-;;;/m0.../s1. The molecular formula is C21H36N4O3SSi. The highest BCUT2D eigenvalue weighted by molar-refractivity contribution is 7.59. The summed E-state index contributed by atoms with van der Waals surface area (Å²) in [7, 11) is -1.86. The molecule has 2 aromatic rings. The van der Waals surface area contributed by atoms with Crippen LogP contribution >= 0.6 is 13.5 Å². The second-order valence-electron chi connectivity index (χ2n) is 8.47. The highest BCUT2D eigenvalue weighted by atomic mass is 32.1. The van der Waals surface area contributed by atoms with Gasteiger partial charge in [-0.25, -0.2) is 9.58 Å². The Kier molecular flexibility index (Phi) is 9.24. The Bertz CT molecular complexity index is 857. The fourth-order valence-corrected chi connectivity index (χ4v) is 3.70. The van der Waals surface area contributed by atoms with E-state index in [0.717, 1.165) is 4.90 Å². The zero-order chi connectivity index (χ0) is 20.0. The number of nitrogens with zero attached hydrogens (tertiary/aromatic N) is 4. The van der Waals surface area contributed by atoms with Crippen LogP contribution < -0.4 is 4.90 Å². The van der Waals surface area contributed by atoms with Gasteiger partial charge in [0.2, 0.25) is 0 Å². The van der Waals surface area contributed by atoms with E-state index >= 15 is 0 Å². The first kappa shape index (κ1) is 28.0. The van der Waals surface area contributed by atoms with Crippen molar-refractivity contribution in [3.05, 3.63) is 41.6 Å². The van der Waals surface area contributed by atoms with Crippen molar-refractivity contribution in [1.29, 1.82) is 0 Å². The monoisotopic (exact) mass is 452 g/mol. The molecule has 1 aromatic carbocycles. The van der Waals surface area contributed by atoms with E-state index < -0.39 is 8.32 Å². The Morgan fingerprint density at radius 1 is 1.07 bits per heavy atom. The van der Waals surface area contributed by atoms with Gasteiger partial charge in [0.05, 0.1) is 30.0 Å². The molecular weight excluding hydrogens is 416 g/mol. The molecule has 0 fully saturated rings. The summed E-state index contributed by atoms with van der Waals surface area (Å²) < 4.78 is 7.89. The van der Waals surface area contributed by atoms with E-state index in [2.05, 4.69) is 44.2 Å². The van der Waals surface area contributed by atoms with Crippen molar-refractivity contribution in [2.24, 2.45) is 0 Å². The Morgan fingerprint density at radius 3 is 2.03 bits per heavy atom. The van der Waals surface area contributed by atoms with Crippen LogP contribution in [0.15, 0.2) is 30.5 Å². The first-order chi connectivity index (χ1) is 12.5. The van der Waals surface area contributed by atoms with Gasteiger partial charge < -0.3 is 4.43 Å². The molecule has 30 heavy (non-hydrogen) atoms. The van der Waals surface area contributed by atoms with Crippen LogP contribution in [-0.2, 0) is 4.43 Å². The van der Waals surface area contributed by atoms with Crippen LogP contribution in [0.25, 0.3) is 0 Å². The lowest BCUT2D eigenvalue weighted by molar-refractivity contribution is 0.0925. The van der Waals surface area contributed by atoms with E-state index in [1.165, 1.54) is 0 Å². The maximum atomic E-state index is 12.6. The zero-order valence-electron chi connectivity index (χ0n) is 17.2. The number of imide groups is 1. The molecule has 1 aliphatic heterocycles. The van der Waals surface area contributed by atoms with Gasteiger partial charge in [-0.1, -0.05) is 53.0 Å². The first-order valence-electron chi connectivity index (χ1n) is 9.06. The van der Waals surface area contributed by atoms with Gasteiger partial charge in [0, 0.05) is 0 Å². The van der Waals surface area contributed by atoms with Crippen LogP contribution in [-0.4, -0.2) is 41.7 Å². The minimum atomic E-state index is -1.86. The van der Waals surface area contributed by atoms with Crippen molar-refractivity contribution in [2.45, 2.75) is 66.7 Å². The summed E-state index contributed by atoms with van der Waals surface area (Å²) >= 11 is 0. The third-order valence-corrected chi connectivity index (χ3v) is 9.97. The number of benzene rings is 1. The molecule has 2 heterocycles. The second-order valence-corrected chi connectivity index (χ2v) is 13.3. The molecule has 1 aliphatic rings. The van der Waals surface area contributed by atoms with Gasteiger partial charge >= 0.3 is 0 Å². The highest BCUT2D eigenvalue weighted by Crippen LogP contribution is 2.37. The number of hydrogen-bond acceptors (Lipinski definition) is 5. The molecule has 0 spiro atoms. The van der Waals surface area contributed by atoms with Gasteiger partial charge in [-0.2, -0.15) is 13.5 Å². The number of fused-ring (bicyclic) bond motifs is 1. The molecule has 1 atom stereocenters. The molecule has 0 aliphatic carbocycles. The Morgan fingerprint density at radius 2 is 1.57 bits per heavy atom. The maximum absolute atomic E-state index is 12.6. The summed E-state index contributed by atoms with van der Waals surface area (Å²) in [4.78, 5) is 26.2. The van der Waals surface area contributed by atoms with Gasteiger partial charge in [-0.3, -0.25) is 9.59 Å². The highest BCUT2D eigenvalue weighted by Gasteiger charge is 2.39. The molecule has 0 bridgehead atoms. The summed E-state index contributed by atoms with van der Waals surface area (Å²) in [5.41, 5.74) is 0.790.